The minimum absolute atomic E-state index is 0.00467. The number of anilines is 1. The van der Waals surface area contributed by atoms with Crippen LogP contribution in [0.5, 0.6) is 5.75 Å². The van der Waals surface area contributed by atoms with Crippen LogP contribution in [0.15, 0.2) is 36.4 Å². The number of hydrogen-bond donors (Lipinski definition) is 2. The van der Waals surface area contributed by atoms with Gasteiger partial charge in [0, 0.05) is 25.4 Å². The number of nitrogens with zero attached hydrogens (tertiary/aromatic N) is 3. The monoisotopic (exact) mass is 559 g/mol. The molecular weight excluding hydrogens is 538 g/mol. The summed E-state index contributed by atoms with van der Waals surface area (Å²) in [5.41, 5.74) is 3.83. The van der Waals surface area contributed by atoms with Gasteiger partial charge in [-0.05, 0) is 43.7 Å². The molecule has 2 aromatic rings. The van der Waals surface area contributed by atoms with E-state index in [4.69, 9.17) is 28.9 Å². The second-order valence-electron chi connectivity index (χ2n) is 9.50. The summed E-state index contributed by atoms with van der Waals surface area (Å²) < 4.78 is 41.6. The predicted molar refractivity (Wildman–Crippen MR) is 128 cm³/mol. The number of hydrogen-bond acceptors (Lipinski definition) is 6. The van der Waals surface area contributed by atoms with E-state index in [0.717, 1.165) is 17.0 Å². The van der Waals surface area contributed by atoms with Crippen molar-refractivity contribution >= 4 is 46.7 Å². The number of alkyl halides is 3. The second kappa shape index (κ2) is 9.34. The predicted octanol–water partition coefficient (Wildman–Crippen LogP) is 3.66. The van der Waals surface area contributed by atoms with Gasteiger partial charge in [-0.2, -0.15) is 0 Å². The van der Waals surface area contributed by atoms with E-state index >= 15 is 0 Å². The zero-order valence-electron chi connectivity index (χ0n) is 19.6. The van der Waals surface area contributed by atoms with E-state index in [1.54, 1.807) is 0 Å². The third kappa shape index (κ3) is 5.46. The fourth-order valence-electron chi connectivity index (χ4n) is 4.52. The maximum absolute atomic E-state index is 13.9. The Morgan fingerprint density at radius 2 is 1.78 bits per heavy atom. The van der Waals surface area contributed by atoms with Crippen LogP contribution >= 0.6 is 23.2 Å². The summed E-state index contributed by atoms with van der Waals surface area (Å²) >= 11 is 12.0. The average Bonchev–Trinajstić information content (AvgIpc) is 3.19. The molecule has 2 fully saturated rings. The molecule has 37 heavy (non-hydrogen) atoms. The summed E-state index contributed by atoms with van der Waals surface area (Å²) in [5, 5.41) is 2.73. The molecule has 2 aliphatic heterocycles. The van der Waals surface area contributed by atoms with Crippen molar-refractivity contribution in [3.05, 3.63) is 52.3 Å². The first-order valence-electron chi connectivity index (χ1n) is 11.0. The molecule has 0 radical (unpaired) electrons. The first kappa shape index (κ1) is 27.0. The Kier molecular flexibility index (Phi) is 6.80. The Morgan fingerprint density at radius 3 is 2.32 bits per heavy atom. The molecule has 9 nitrogen and oxygen atoms in total. The summed E-state index contributed by atoms with van der Waals surface area (Å²) in [6.07, 6.45) is -4.85. The number of urea groups is 1. The van der Waals surface area contributed by atoms with Gasteiger partial charge in [0.25, 0.3) is 5.91 Å². The summed E-state index contributed by atoms with van der Waals surface area (Å²) in [5.74, 6) is -1.49. The Bertz CT molecular complexity index is 1230. The van der Waals surface area contributed by atoms with Crippen molar-refractivity contribution in [2.75, 3.05) is 11.4 Å². The zero-order chi connectivity index (χ0) is 27.3. The van der Waals surface area contributed by atoms with Crippen LogP contribution in [0, 0.1) is 0 Å². The normalized spacial score (nSPS) is 21.9. The highest BCUT2D eigenvalue weighted by Gasteiger charge is 2.62. The van der Waals surface area contributed by atoms with Crippen molar-refractivity contribution in [3.63, 3.8) is 0 Å². The van der Waals surface area contributed by atoms with Crippen molar-refractivity contribution < 1.29 is 32.3 Å². The lowest BCUT2D eigenvalue weighted by atomic mass is 9.86. The Labute approximate surface area is 219 Å². The first-order valence-corrected chi connectivity index (χ1v) is 11.8. The molecule has 14 heteroatoms. The van der Waals surface area contributed by atoms with E-state index in [9.17, 15) is 27.6 Å². The Hall–Kier alpha value is -3.09. The zero-order valence-corrected chi connectivity index (χ0v) is 21.1. The van der Waals surface area contributed by atoms with Crippen molar-refractivity contribution in [2.24, 2.45) is 5.73 Å². The molecule has 2 aliphatic rings. The number of halogens is 5. The van der Waals surface area contributed by atoms with Crippen LogP contribution in [0.3, 0.4) is 0 Å². The van der Waals surface area contributed by atoms with Gasteiger partial charge in [0.05, 0.1) is 11.2 Å². The smallest absolute Gasteiger partial charge is 0.406 e. The summed E-state index contributed by atoms with van der Waals surface area (Å²) in [6.45, 7) is 3.05. The van der Waals surface area contributed by atoms with Gasteiger partial charge in [-0.25, -0.2) is 14.7 Å². The van der Waals surface area contributed by atoms with Crippen molar-refractivity contribution in [3.8, 4) is 5.75 Å². The number of imide groups is 1. The lowest BCUT2D eigenvalue weighted by molar-refractivity contribution is -0.274. The average molecular weight is 560 g/mol. The van der Waals surface area contributed by atoms with Crippen LogP contribution < -0.4 is 20.7 Å². The summed E-state index contributed by atoms with van der Waals surface area (Å²) in [4.78, 5) is 46.0. The number of carbonyl (C=O) groups is 3. The number of ether oxygens (including phenoxy) is 1. The maximum Gasteiger partial charge on any atom is 0.573 e. The molecule has 1 aromatic carbocycles. The van der Waals surface area contributed by atoms with Gasteiger partial charge < -0.3 is 20.7 Å². The highest BCUT2D eigenvalue weighted by molar-refractivity contribution is 6.33. The van der Waals surface area contributed by atoms with Crippen LogP contribution in [0.1, 0.15) is 25.8 Å². The van der Waals surface area contributed by atoms with Crippen molar-refractivity contribution in [1.82, 2.24) is 15.2 Å². The fraction of sp³-hybridized carbons (Fsp3) is 0.391. The summed E-state index contributed by atoms with van der Waals surface area (Å²) in [6, 6.07) is 6.38. The second-order valence-corrected chi connectivity index (χ2v) is 10.3. The minimum atomic E-state index is -4.86. The molecule has 198 valence electrons. The molecule has 1 aromatic heterocycles. The number of rotatable bonds is 6. The van der Waals surface area contributed by atoms with Gasteiger partial charge in [-0.1, -0.05) is 35.3 Å². The molecule has 0 unspecified atom stereocenters. The van der Waals surface area contributed by atoms with Crippen molar-refractivity contribution in [1.29, 1.82) is 0 Å². The van der Waals surface area contributed by atoms with E-state index in [0.29, 0.717) is 5.56 Å². The standard InChI is InChI=1S/C23H22Cl2F3N5O4/c1-21(2,29)18(34)30-13-10-22(9-12-3-5-15(6-4-12)37-23(26,27)28)19(35)33(20(36)32(22)11-13)14-7-16(24)31-17(25)8-14/h3-8,13H,9-11,29H2,1-2H3,(H,30,34)/t13-,22+/m0/s1. The van der Waals surface area contributed by atoms with Gasteiger partial charge in [-0.3, -0.25) is 9.59 Å². The largest absolute Gasteiger partial charge is 0.573 e. The number of benzene rings is 1. The summed E-state index contributed by atoms with van der Waals surface area (Å²) in [7, 11) is 0. The first-order chi connectivity index (χ1) is 17.1. The number of pyridine rings is 1. The topological polar surface area (TPSA) is 118 Å². The fourth-order valence-corrected chi connectivity index (χ4v) is 4.97. The van der Waals surface area contributed by atoms with Gasteiger partial charge in [0.1, 0.15) is 21.6 Å². The van der Waals surface area contributed by atoms with Gasteiger partial charge in [0.15, 0.2) is 0 Å². The van der Waals surface area contributed by atoms with Crippen LogP contribution in [-0.4, -0.2) is 57.8 Å². The van der Waals surface area contributed by atoms with Gasteiger partial charge in [0.2, 0.25) is 5.91 Å². The Morgan fingerprint density at radius 1 is 1.19 bits per heavy atom. The van der Waals surface area contributed by atoms with Crippen LogP contribution in [0.2, 0.25) is 10.3 Å². The molecule has 3 heterocycles. The van der Waals surface area contributed by atoms with E-state index in [1.165, 1.54) is 43.0 Å². The highest BCUT2D eigenvalue weighted by Crippen LogP contribution is 2.43. The lowest BCUT2D eigenvalue weighted by Crippen LogP contribution is -2.53. The highest BCUT2D eigenvalue weighted by atomic mass is 35.5. The molecule has 4 amide bonds. The minimum Gasteiger partial charge on any atom is -0.406 e. The maximum atomic E-state index is 13.9. The third-order valence-corrected chi connectivity index (χ3v) is 6.49. The van der Waals surface area contributed by atoms with Crippen LogP contribution in [0.4, 0.5) is 23.7 Å². The molecule has 0 aliphatic carbocycles. The number of nitrogens with two attached hydrogens (primary N) is 1. The number of amides is 4. The molecule has 3 N–H and O–H groups in total. The number of fused-ring (bicyclic) bond motifs is 1. The van der Waals surface area contributed by atoms with E-state index in [1.807, 2.05) is 0 Å². The van der Waals surface area contributed by atoms with Gasteiger partial charge in [-0.15, -0.1) is 13.2 Å². The van der Waals surface area contributed by atoms with E-state index in [2.05, 4.69) is 15.0 Å². The molecule has 2 atom stereocenters. The van der Waals surface area contributed by atoms with E-state index in [-0.39, 0.29) is 35.4 Å². The third-order valence-electron chi connectivity index (χ3n) is 6.11. The van der Waals surface area contributed by atoms with Crippen molar-refractivity contribution in [2.45, 2.75) is 50.2 Å². The van der Waals surface area contributed by atoms with E-state index < -0.39 is 47.1 Å². The molecule has 4 rings (SSSR count). The molecule has 0 spiro atoms. The molecule has 2 saturated heterocycles. The number of aromatic nitrogens is 1. The SMILES string of the molecule is CC(C)(N)C(=O)N[C@@H]1CN2C(=O)N(c3cc(Cl)nc(Cl)c3)C(=O)[C@@]2(Cc2ccc(OC(F)(F)F)cc2)C1. The molecule has 0 bridgehead atoms. The van der Waals surface area contributed by atoms with Crippen LogP contribution in [-0.2, 0) is 16.0 Å². The lowest BCUT2D eigenvalue weighted by Gasteiger charge is -2.28. The number of nitrogens with one attached hydrogen (secondary N) is 1. The van der Waals surface area contributed by atoms with Crippen LogP contribution in [0.25, 0.3) is 0 Å². The Balaban J connectivity index is 1.68. The molecule has 0 saturated carbocycles. The number of carbonyl (C=O) groups excluding carboxylic acids is 3. The quantitative estimate of drug-likeness (QED) is 0.412. The molecular formula is C23H22Cl2F3N5O4. The van der Waals surface area contributed by atoms with Gasteiger partial charge >= 0.3 is 12.4 Å².